The first-order chi connectivity index (χ1) is 17.2. The van der Waals surface area contributed by atoms with Gasteiger partial charge >= 0.3 is 0 Å². The molecule has 3 amide bonds. The summed E-state index contributed by atoms with van der Waals surface area (Å²) in [6, 6.07) is 8.32. The van der Waals surface area contributed by atoms with E-state index in [9.17, 15) is 14.4 Å². The van der Waals surface area contributed by atoms with Crippen LogP contribution in [-0.2, 0) is 9.59 Å². The molecule has 4 rings (SSSR count). The highest BCUT2D eigenvalue weighted by atomic mass is 35.5. The van der Waals surface area contributed by atoms with Crippen molar-refractivity contribution >= 4 is 69.9 Å². The van der Waals surface area contributed by atoms with Crippen LogP contribution in [-0.4, -0.2) is 59.5 Å². The van der Waals surface area contributed by atoms with Gasteiger partial charge in [0, 0.05) is 29.2 Å². The van der Waals surface area contributed by atoms with Gasteiger partial charge in [0.1, 0.15) is 23.7 Å². The number of aromatic nitrogens is 1. The maximum Gasteiger partial charge on any atom is 0.294 e. The van der Waals surface area contributed by atoms with Crippen LogP contribution in [0.25, 0.3) is 11.0 Å². The second-order valence-electron chi connectivity index (χ2n) is 9.00. The lowest BCUT2D eigenvalue weighted by Gasteiger charge is -2.31. The first kappa shape index (κ1) is 28.4. The van der Waals surface area contributed by atoms with Crippen LogP contribution in [0, 0.1) is 5.92 Å². The highest BCUT2D eigenvalue weighted by Crippen LogP contribution is 2.35. The van der Waals surface area contributed by atoms with Crippen LogP contribution in [0.4, 0.5) is 17.2 Å². The Hall–Kier alpha value is -3.18. The minimum absolute atomic E-state index is 0. The van der Waals surface area contributed by atoms with Gasteiger partial charge in [-0.25, -0.2) is 4.98 Å². The van der Waals surface area contributed by atoms with Crippen molar-refractivity contribution in [2.75, 3.05) is 36.7 Å². The van der Waals surface area contributed by atoms with E-state index in [0.717, 1.165) is 25.7 Å². The molecule has 0 radical (unpaired) electrons. The number of nitrogens with one attached hydrogen (secondary N) is 3. The van der Waals surface area contributed by atoms with Crippen molar-refractivity contribution in [1.29, 1.82) is 0 Å². The maximum absolute atomic E-state index is 13.2. The Balaban J connectivity index is 0.00000380. The second kappa shape index (κ2) is 12.4. The number of rotatable bonds is 7. The molecule has 4 N–H and O–H groups in total. The Bertz CT molecular complexity index is 1270. The smallest absolute Gasteiger partial charge is 0.294 e. The number of carbonyl (C=O) groups excluding carboxylic acids is 3. The number of aliphatic hydroxyl groups is 1. The van der Waals surface area contributed by atoms with Crippen LogP contribution in [0.5, 0.6) is 0 Å². The Labute approximate surface area is 225 Å². The van der Waals surface area contributed by atoms with E-state index in [-0.39, 0.29) is 41.5 Å². The fourth-order valence-electron chi connectivity index (χ4n) is 4.36. The summed E-state index contributed by atoms with van der Waals surface area (Å²) in [6.07, 6.45) is 4.68. The molecule has 0 saturated heterocycles. The van der Waals surface area contributed by atoms with E-state index < -0.39 is 18.4 Å². The predicted octanol–water partition coefficient (Wildman–Crippen LogP) is 4.15. The molecule has 3 aromatic rings. The molecule has 10 nitrogen and oxygen atoms in total. The van der Waals surface area contributed by atoms with Crippen molar-refractivity contribution < 1.29 is 23.9 Å². The number of anilines is 3. The van der Waals surface area contributed by atoms with Gasteiger partial charge in [0.15, 0.2) is 0 Å². The van der Waals surface area contributed by atoms with Crippen molar-refractivity contribution in [3.63, 3.8) is 0 Å². The first-order valence-corrected chi connectivity index (χ1v) is 12.0. The van der Waals surface area contributed by atoms with E-state index in [1.54, 1.807) is 30.3 Å². The van der Waals surface area contributed by atoms with E-state index >= 15 is 0 Å². The topological polar surface area (TPSA) is 137 Å². The minimum atomic E-state index is -0.676. The van der Waals surface area contributed by atoms with Gasteiger partial charge < -0.3 is 30.4 Å². The minimum Gasteiger partial charge on any atom is -0.449 e. The molecule has 2 heterocycles. The van der Waals surface area contributed by atoms with Crippen LogP contribution in [0.1, 0.15) is 36.2 Å². The molecule has 37 heavy (non-hydrogen) atoms. The normalized spacial score (nSPS) is 17.2. The molecule has 1 fully saturated rings. The molecule has 1 saturated carbocycles. The molecular weight excluding hydrogens is 521 g/mol. The summed E-state index contributed by atoms with van der Waals surface area (Å²) < 4.78 is 5.83. The summed E-state index contributed by atoms with van der Waals surface area (Å²) in [5, 5.41) is 18.0. The largest absolute Gasteiger partial charge is 0.449 e. The van der Waals surface area contributed by atoms with Gasteiger partial charge in [-0.15, -0.1) is 12.4 Å². The number of hydrogen-bond donors (Lipinski definition) is 4. The number of amides is 3. The number of furan rings is 1. The number of benzene rings is 1. The van der Waals surface area contributed by atoms with Crippen molar-refractivity contribution in [2.24, 2.45) is 5.92 Å². The van der Waals surface area contributed by atoms with Crippen molar-refractivity contribution in [3.05, 3.63) is 47.3 Å². The zero-order valence-corrected chi connectivity index (χ0v) is 22.0. The second-order valence-corrected chi connectivity index (χ2v) is 9.43. The third kappa shape index (κ3) is 6.78. The lowest BCUT2D eigenvalue weighted by atomic mass is 9.85. The number of fused-ring (bicyclic) bond motifs is 1. The Morgan fingerprint density at radius 3 is 2.43 bits per heavy atom. The number of halogens is 2. The van der Waals surface area contributed by atoms with Gasteiger partial charge in [-0.3, -0.25) is 14.4 Å². The van der Waals surface area contributed by atoms with Crippen LogP contribution in [0.2, 0.25) is 5.02 Å². The number of carbonyl (C=O) groups is 3. The van der Waals surface area contributed by atoms with Crippen LogP contribution in [0.15, 0.2) is 40.9 Å². The van der Waals surface area contributed by atoms with Crippen LogP contribution < -0.4 is 16.0 Å². The zero-order valence-electron chi connectivity index (χ0n) is 20.4. The average molecular weight is 550 g/mol. The molecule has 0 atom stereocenters. The number of hydrogen-bond acceptors (Lipinski definition) is 7. The summed E-state index contributed by atoms with van der Waals surface area (Å²) in [5.41, 5.74) is 0.935. The summed E-state index contributed by atoms with van der Waals surface area (Å²) in [4.78, 5) is 44.3. The lowest BCUT2D eigenvalue weighted by Crippen LogP contribution is -2.35. The van der Waals surface area contributed by atoms with Gasteiger partial charge in [0.05, 0.1) is 5.02 Å². The fraction of sp³-hybridized carbons (Fsp3) is 0.360. The third-order valence-corrected chi connectivity index (χ3v) is 6.56. The summed E-state index contributed by atoms with van der Waals surface area (Å²) >= 11 is 5.87. The quantitative estimate of drug-likeness (QED) is 0.347. The highest BCUT2D eigenvalue weighted by molar-refractivity contribution is 6.30. The molecule has 0 aliphatic heterocycles. The summed E-state index contributed by atoms with van der Waals surface area (Å²) in [7, 11) is 4.08. The van der Waals surface area contributed by atoms with Gasteiger partial charge in [-0.05, 0) is 70.1 Å². The number of nitrogens with zero attached hydrogens (tertiary/aromatic N) is 2. The van der Waals surface area contributed by atoms with E-state index in [2.05, 4.69) is 25.8 Å². The molecule has 1 aliphatic carbocycles. The van der Waals surface area contributed by atoms with Gasteiger partial charge in [-0.1, -0.05) is 11.6 Å². The monoisotopic (exact) mass is 549 g/mol. The highest BCUT2D eigenvalue weighted by Gasteiger charge is 2.30. The van der Waals surface area contributed by atoms with E-state index in [1.807, 2.05) is 14.1 Å². The molecule has 12 heteroatoms. The van der Waals surface area contributed by atoms with Crippen molar-refractivity contribution in [3.8, 4) is 0 Å². The molecule has 198 valence electrons. The van der Waals surface area contributed by atoms with Gasteiger partial charge in [0.2, 0.25) is 17.6 Å². The molecule has 1 aliphatic rings. The van der Waals surface area contributed by atoms with Crippen LogP contribution >= 0.6 is 24.0 Å². The van der Waals surface area contributed by atoms with Gasteiger partial charge in [0.25, 0.3) is 5.91 Å². The number of pyridine rings is 1. The average Bonchev–Trinajstić information content (AvgIpc) is 3.23. The Kier molecular flexibility index (Phi) is 9.50. The van der Waals surface area contributed by atoms with E-state index in [0.29, 0.717) is 27.7 Å². The molecule has 2 aromatic heterocycles. The molecule has 1 aromatic carbocycles. The van der Waals surface area contributed by atoms with Gasteiger partial charge in [-0.2, -0.15) is 0 Å². The van der Waals surface area contributed by atoms with Crippen LogP contribution in [0.3, 0.4) is 0 Å². The van der Waals surface area contributed by atoms with E-state index in [1.165, 1.54) is 6.20 Å². The molecule has 0 spiro atoms. The summed E-state index contributed by atoms with van der Waals surface area (Å²) in [5.74, 6) is -1.42. The van der Waals surface area contributed by atoms with Crippen molar-refractivity contribution in [2.45, 2.75) is 31.7 Å². The first-order valence-electron chi connectivity index (χ1n) is 11.6. The Morgan fingerprint density at radius 2 is 1.81 bits per heavy atom. The fourth-order valence-corrected chi connectivity index (χ4v) is 4.47. The van der Waals surface area contributed by atoms with E-state index in [4.69, 9.17) is 21.1 Å². The summed E-state index contributed by atoms with van der Waals surface area (Å²) in [6.45, 7) is -0.676. The molecule has 0 bridgehead atoms. The maximum atomic E-state index is 13.2. The van der Waals surface area contributed by atoms with Crippen molar-refractivity contribution in [1.82, 2.24) is 9.88 Å². The predicted molar refractivity (Wildman–Crippen MR) is 144 cm³/mol. The third-order valence-electron chi connectivity index (χ3n) is 6.34. The standard InChI is InChI=1S/C25H28ClN5O5.ClH/c1-31(2)17-7-3-14(4-8-17)24(34)30-22-18-11-16(28-21(33)13-32)6-9-19(18)36-23(22)25(35)29-20-10-5-15(26)12-27-20;/h5-6,9-12,14,17,32H,3-4,7-8,13H2,1-2H3,(H,28,33)(H,30,34)(H,27,29,35);1H/t14-,17-;. The Morgan fingerprint density at radius 1 is 1.08 bits per heavy atom. The molecule has 0 unspecified atom stereocenters. The zero-order chi connectivity index (χ0) is 25.8. The SMILES string of the molecule is CN(C)[C@H]1CC[C@H](C(=O)Nc2c(C(=O)Nc3ccc(Cl)cn3)oc3ccc(NC(=O)CO)cc23)CC1.Cl. The number of aliphatic hydroxyl groups excluding tert-OH is 1. The lowest BCUT2D eigenvalue weighted by molar-refractivity contribution is -0.121. The molecular formula is C25H29Cl2N5O5.